The van der Waals surface area contributed by atoms with E-state index in [-0.39, 0.29) is 23.4 Å². The molecule has 1 fully saturated rings. The van der Waals surface area contributed by atoms with E-state index in [1.807, 2.05) is 17.0 Å². The molecule has 26 heavy (non-hydrogen) atoms. The highest BCUT2D eigenvalue weighted by molar-refractivity contribution is 5.94. The number of carbonyl (C=O) groups excluding carboxylic acids is 2. The molecule has 2 amide bonds. The highest BCUT2D eigenvalue weighted by Crippen LogP contribution is 2.32. The Hall–Kier alpha value is -2.96. The molecule has 2 aromatic rings. The molecule has 1 N–H and O–H groups in total. The van der Waals surface area contributed by atoms with Crippen LogP contribution >= 0.6 is 0 Å². The minimum absolute atomic E-state index is 0.0745. The van der Waals surface area contributed by atoms with Crippen LogP contribution in [0.15, 0.2) is 41.5 Å². The summed E-state index contributed by atoms with van der Waals surface area (Å²) in [4.78, 5) is 41.7. The van der Waals surface area contributed by atoms with Gasteiger partial charge in [0.2, 0.25) is 11.5 Å². The molecule has 0 saturated carbocycles. The average Bonchev–Trinajstić information content (AvgIpc) is 3.12. The zero-order valence-electron chi connectivity index (χ0n) is 14.9. The number of aryl methyl sites for hydroxylation is 1. The van der Waals surface area contributed by atoms with Crippen molar-refractivity contribution in [1.82, 2.24) is 19.8 Å². The first-order valence-corrected chi connectivity index (χ1v) is 8.62. The molecule has 0 aromatic carbocycles. The first kappa shape index (κ1) is 17.8. The van der Waals surface area contributed by atoms with Gasteiger partial charge in [0.05, 0.1) is 17.3 Å². The van der Waals surface area contributed by atoms with Crippen LogP contribution in [0.5, 0.6) is 0 Å². The van der Waals surface area contributed by atoms with Gasteiger partial charge in [-0.2, -0.15) is 0 Å². The van der Waals surface area contributed by atoms with Crippen molar-refractivity contribution in [2.45, 2.75) is 32.4 Å². The monoisotopic (exact) mass is 354 g/mol. The van der Waals surface area contributed by atoms with Crippen LogP contribution in [0.1, 0.15) is 47.4 Å². The van der Waals surface area contributed by atoms with Gasteiger partial charge in [0.15, 0.2) is 0 Å². The lowest BCUT2D eigenvalue weighted by molar-refractivity contribution is -0.119. The minimum Gasteiger partial charge on any atom is -0.352 e. The lowest BCUT2D eigenvalue weighted by Gasteiger charge is -2.24. The third-order valence-electron chi connectivity index (χ3n) is 4.58. The quantitative estimate of drug-likeness (QED) is 0.899. The van der Waals surface area contributed by atoms with Crippen LogP contribution in [-0.2, 0) is 18.4 Å². The van der Waals surface area contributed by atoms with Crippen molar-refractivity contribution in [3.63, 3.8) is 0 Å². The van der Waals surface area contributed by atoms with Gasteiger partial charge in [0, 0.05) is 45.5 Å². The van der Waals surface area contributed by atoms with Crippen molar-refractivity contribution < 1.29 is 9.59 Å². The van der Waals surface area contributed by atoms with Gasteiger partial charge in [-0.3, -0.25) is 19.4 Å². The number of pyridine rings is 2. The zero-order valence-corrected chi connectivity index (χ0v) is 14.9. The number of rotatable bonds is 4. The second-order valence-corrected chi connectivity index (χ2v) is 6.52. The summed E-state index contributed by atoms with van der Waals surface area (Å²) in [6, 6.07) is 6.74. The Balaban J connectivity index is 1.77. The standard InChI is InChI=1S/C19H22N4O3/c1-13(24)20-10-14-5-7-16(21-11-14)17-4-3-9-23(17)19(26)15-6-8-18(25)22(2)12-15/h5-8,11-12,17H,3-4,9-10H2,1-2H3,(H,20,24). The van der Waals surface area contributed by atoms with Crippen LogP contribution in [0.3, 0.4) is 0 Å². The van der Waals surface area contributed by atoms with Crippen molar-refractivity contribution in [1.29, 1.82) is 0 Å². The third kappa shape index (κ3) is 3.82. The summed E-state index contributed by atoms with van der Waals surface area (Å²) in [5, 5.41) is 2.74. The fourth-order valence-corrected chi connectivity index (χ4v) is 3.17. The molecule has 0 bridgehead atoms. The van der Waals surface area contributed by atoms with Gasteiger partial charge in [-0.05, 0) is 30.5 Å². The Morgan fingerprint density at radius 2 is 2.08 bits per heavy atom. The smallest absolute Gasteiger partial charge is 0.255 e. The number of hydrogen-bond acceptors (Lipinski definition) is 4. The maximum Gasteiger partial charge on any atom is 0.255 e. The number of aromatic nitrogens is 2. The molecule has 1 atom stereocenters. The summed E-state index contributed by atoms with van der Waals surface area (Å²) in [5.41, 5.74) is 2.11. The van der Waals surface area contributed by atoms with E-state index in [1.54, 1.807) is 25.5 Å². The predicted molar refractivity (Wildman–Crippen MR) is 96.5 cm³/mol. The summed E-state index contributed by atoms with van der Waals surface area (Å²) in [6.45, 7) is 2.58. The largest absolute Gasteiger partial charge is 0.352 e. The van der Waals surface area contributed by atoms with Gasteiger partial charge in [-0.15, -0.1) is 0 Å². The van der Waals surface area contributed by atoms with Crippen molar-refractivity contribution >= 4 is 11.8 Å². The van der Waals surface area contributed by atoms with Crippen LogP contribution in [0.25, 0.3) is 0 Å². The second-order valence-electron chi connectivity index (χ2n) is 6.52. The van der Waals surface area contributed by atoms with Crippen LogP contribution in [-0.4, -0.2) is 32.8 Å². The van der Waals surface area contributed by atoms with Gasteiger partial charge >= 0.3 is 0 Å². The number of amides is 2. The molecule has 1 unspecified atom stereocenters. The Bertz CT molecular complexity index is 873. The van der Waals surface area contributed by atoms with Gasteiger partial charge in [0.25, 0.3) is 5.91 Å². The molecule has 136 valence electrons. The molecule has 1 aliphatic heterocycles. The fraction of sp³-hybridized carbons (Fsp3) is 0.368. The molecule has 0 radical (unpaired) electrons. The van der Waals surface area contributed by atoms with E-state index in [9.17, 15) is 14.4 Å². The van der Waals surface area contributed by atoms with E-state index in [4.69, 9.17) is 0 Å². The predicted octanol–water partition coefficient (Wildman–Crippen LogP) is 1.39. The van der Waals surface area contributed by atoms with E-state index in [2.05, 4.69) is 10.3 Å². The van der Waals surface area contributed by atoms with Gasteiger partial charge in [-0.25, -0.2) is 0 Å². The maximum atomic E-state index is 12.9. The maximum absolute atomic E-state index is 12.9. The molecule has 3 heterocycles. The molecular formula is C19H22N4O3. The van der Waals surface area contributed by atoms with Crippen LogP contribution in [0, 0.1) is 0 Å². The highest BCUT2D eigenvalue weighted by Gasteiger charge is 2.31. The zero-order chi connectivity index (χ0) is 18.7. The van der Waals surface area contributed by atoms with Crippen molar-refractivity contribution in [3.8, 4) is 0 Å². The summed E-state index contributed by atoms with van der Waals surface area (Å²) in [7, 11) is 1.63. The van der Waals surface area contributed by atoms with Crippen LogP contribution in [0.2, 0.25) is 0 Å². The van der Waals surface area contributed by atoms with E-state index in [1.165, 1.54) is 17.6 Å². The molecule has 0 aliphatic carbocycles. The molecule has 7 heteroatoms. The molecule has 7 nitrogen and oxygen atoms in total. The molecule has 1 aliphatic rings. The highest BCUT2D eigenvalue weighted by atomic mass is 16.2. The van der Waals surface area contributed by atoms with Crippen LogP contribution in [0.4, 0.5) is 0 Å². The van der Waals surface area contributed by atoms with E-state index in [0.29, 0.717) is 18.7 Å². The second kappa shape index (κ2) is 7.51. The number of carbonyl (C=O) groups is 2. The summed E-state index contributed by atoms with van der Waals surface area (Å²) in [6.07, 6.45) is 5.08. The summed E-state index contributed by atoms with van der Waals surface area (Å²) < 4.78 is 1.41. The molecule has 1 saturated heterocycles. The lowest BCUT2D eigenvalue weighted by Crippen LogP contribution is -2.32. The first-order valence-electron chi connectivity index (χ1n) is 8.62. The average molecular weight is 354 g/mol. The topological polar surface area (TPSA) is 84.3 Å². The SMILES string of the molecule is CC(=O)NCc1ccc(C2CCCN2C(=O)c2ccc(=O)n(C)c2)nc1. The van der Waals surface area contributed by atoms with E-state index < -0.39 is 0 Å². The first-order chi connectivity index (χ1) is 12.5. The number of nitrogens with zero attached hydrogens (tertiary/aromatic N) is 3. The minimum atomic E-state index is -0.143. The fourth-order valence-electron chi connectivity index (χ4n) is 3.17. The Morgan fingerprint density at radius 3 is 2.73 bits per heavy atom. The number of nitrogens with one attached hydrogen (secondary N) is 1. The van der Waals surface area contributed by atoms with Gasteiger partial charge in [0.1, 0.15) is 0 Å². The summed E-state index contributed by atoms with van der Waals surface area (Å²) in [5.74, 6) is -0.175. The van der Waals surface area contributed by atoms with E-state index in [0.717, 1.165) is 24.1 Å². The molecule has 3 rings (SSSR count). The van der Waals surface area contributed by atoms with Crippen molar-refractivity contribution in [3.05, 3.63) is 63.8 Å². The summed E-state index contributed by atoms with van der Waals surface area (Å²) >= 11 is 0. The lowest BCUT2D eigenvalue weighted by atomic mass is 10.1. The van der Waals surface area contributed by atoms with Gasteiger partial charge in [-0.1, -0.05) is 6.07 Å². The van der Waals surface area contributed by atoms with E-state index >= 15 is 0 Å². The molecular weight excluding hydrogens is 332 g/mol. The number of hydrogen-bond donors (Lipinski definition) is 1. The van der Waals surface area contributed by atoms with Crippen molar-refractivity contribution in [2.75, 3.05) is 6.54 Å². The molecule has 0 spiro atoms. The number of likely N-dealkylation sites (tertiary alicyclic amines) is 1. The Kier molecular flexibility index (Phi) is 5.16. The normalized spacial score (nSPS) is 16.5. The molecule has 2 aromatic heterocycles. The third-order valence-corrected chi connectivity index (χ3v) is 4.58. The van der Waals surface area contributed by atoms with Gasteiger partial charge < -0.3 is 14.8 Å². The Morgan fingerprint density at radius 1 is 1.27 bits per heavy atom. The van der Waals surface area contributed by atoms with Crippen LogP contribution < -0.4 is 10.9 Å². The van der Waals surface area contributed by atoms with Crippen molar-refractivity contribution in [2.24, 2.45) is 7.05 Å². The Labute approximate surface area is 151 Å².